The van der Waals surface area contributed by atoms with E-state index in [-0.39, 0.29) is 5.69 Å². The molecule has 0 radical (unpaired) electrons. The Morgan fingerprint density at radius 1 is 1.32 bits per heavy atom. The third-order valence-corrected chi connectivity index (χ3v) is 4.80. The van der Waals surface area contributed by atoms with Crippen LogP contribution in [0, 0.1) is 5.92 Å². The summed E-state index contributed by atoms with van der Waals surface area (Å²) < 4.78 is 7.15. The van der Waals surface area contributed by atoms with Crippen LogP contribution in [0.2, 0.25) is 0 Å². The van der Waals surface area contributed by atoms with Crippen LogP contribution in [0.15, 0.2) is 23.0 Å². The highest BCUT2D eigenvalue weighted by atomic mass is 16.5. The molecule has 2 heterocycles. The fraction of sp³-hybridized carbons (Fsp3) is 0.588. The van der Waals surface area contributed by atoms with Crippen LogP contribution in [0.3, 0.4) is 0 Å². The van der Waals surface area contributed by atoms with Crippen molar-refractivity contribution >= 4 is 11.0 Å². The summed E-state index contributed by atoms with van der Waals surface area (Å²) >= 11 is 0. The Morgan fingerprint density at radius 3 is 2.68 bits per heavy atom. The lowest BCUT2D eigenvalue weighted by atomic mass is 9.96. The molecule has 1 aromatic heterocycles. The molecule has 0 spiro atoms. The number of methoxy groups -OCH3 is 1. The molecule has 0 unspecified atom stereocenters. The summed E-state index contributed by atoms with van der Waals surface area (Å²) in [6, 6.07) is 6.34. The van der Waals surface area contributed by atoms with Gasteiger partial charge in [0.2, 0.25) is 0 Å². The number of fused-ring (bicyclic) bond motifs is 1. The van der Waals surface area contributed by atoms with Gasteiger partial charge in [0.1, 0.15) is 5.75 Å². The number of nitrogens with zero attached hydrogens (tertiary/aromatic N) is 2. The van der Waals surface area contributed by atoms with E-state index < -0.39 is 0 Å². The van der Waals surface area contributed by atoms with E-state index in [1.165, 1.54) is 0 Å². The van der Waals surface area contributed by atoms with Crippen molar-refractivity contribution in [3.63, 3.8) is 0 Å². The van der Waals surface area contributed by atoms with Crippen molar-refractivity contribution in [1.82, 2.24) is 14.5 Å². The van der Waals surface area contributed by atoms with Crippen molar-refractivity contribution < 1.29 is 4.74 Å². The molecule has 120 valence electrons. The molecule has 1 aromatic carbocycles. The zero-order valence-corrected chi connectivity index (χ0v) is 13.6. The van der Waals surface area contributed by atoms with Gasteiger partial charge in [-0.1, -0.05) is 0 Å². The molecule has 1 aliphatic heterocycles. The van der Waals surface area contributed by atoms with Crippen LogP contribution in [0.4, 0.5) is 0 Å². The van der Waals surface area contributed by atoms with E-state index in [2.05, 4.69) is 23.7 Å². The number of ether oxygens (including phenoxy) is 1. The number of hydrogen-bond acceptors (Lipinski definition) is 3. The molecule has 1 aliphatic rings. The number of likely N-dealkylation sites (tertiary alicyclic amines) is 1. The Morgan fingerprint density at radius 2 is 2.05 bits per heavy atom. The normalized spacial score (nSPS) is 17.5. The van der Waals surface area contributed by atoms with E-state index in [0.29, 0.717) is 12.0 Å². The molecule has 3 rings (SSSR count). The van der Waals surface area contributed by atoms with Gasteiger partial charge in [-0.25, -0.2) is 4.79 Å². The van der Waals surface area contributed by atoms with Crippen molar-refractivity contribution in [2.24, 2.45) is 5.92 Å². The van der Waals surface area contributed by atoms with Crippen molar-refractivity contribution in [2.45, 2.75) is 39.3 Å². The second-order valence-electron chi connectivity index (χ2n) is 6.50. The number of H-pyrrole nitrogens is 1. The monoisotopic (exact) mass is 303 g/mol. The van der Waals surface area contributed by atoms with Crippen LogP contribution in [-0.2, 0) is 6.54 Å². The maximum absolute atomic E-state index is 12.2. The minimum atomic E-state index is -0.0189. The van der Waals surface area contributed by atoms with Gasteiger partial charge in [0, 0.05) is 18.7 Å². The summed E-state index contributed by atoms with van der Waals surface area (Å²) in [5.41, 5.74) is 1.80. The Hall–Kier alpha value is -1.75. The number of piperidine rings is 1. The lowest BCUT2D eigenvalue weighted by Crippen LogP contribution is -2.39. The number of nitrogens with one attached hydrogen (secondary N) is 1. The van der Waals surface area contributed by atoms with Crippen molar-refractivity contribution in [3.05, 3.63) is 28.7 Å². The molecular formula is C17H25N3O2. The standard InChI is InChI=1S/C17H25N3O2/c1-12(2)19-8-6-13(7-9-19)11-20-16-10-14(22-3)4-5-15(16)18-17(20)21/h4-5,10,12-13H,6-9,11H2,1-3H3,(H,18,21). The molecule has 0 bridgehead atoms. The Labute approximate surface area is 130 Å². The van der Waals surface area contributed by atoms with Gasteiger partial charge < -0.3 is 14.6 Å². The van der Waals surface area contributed by atoms with Gasteiger partial charge in [-0.05, 0) is 57.8 Å². The number of aromatic nitrogens is 2. The first-order valence-electron chi connectivity index (χ1n) is 8.09. The van der Waals surface area contributed by atoms with Crippen LogP contribution >= 0.6 is 0 Å². The second-order valence-corrected chi connectivity index (χ2v) is 6.50. The maximum Gasteiger partial charge on any atom is 0.326 e. The SMILES string of the molecule is COc1ccc2[nH]c(=O)n(CC3CCN(C(C)C)CC3)c2c1. The first-order valence-corrected chi connectivity index (χ1v) is 8.09. The third kappa shape index (κ3) is 2.90. The van der Waals surface area contributed by atoms with Gasteiger partial charge >= 0.3 is 5.69 Å². The smallest absolute Gasteiger partial charge is 0.326 e. The Balaban J connectivity index is 1.79. The molecule has 1 N–H and O–H groups in total. The minimum Gasteiger partial charge on any atom is -0.497 e. The van der Waals surface area contributed by atoms with Crippen molar-refractivity contribution in [3.8, 4) is 5.75 Å². The maximum atomic E-state index is 12.2. The number of benzene rings is 1. The van der Waals surface area contributed by atoms with E-state index >= 15 is 0 Å². The van der Waals surface area contributed by atoms with Gasteiger partial charge in [-0.15, -0.1) is 0 Å². The van der Waals surface area contributed by atoms with Gasteiger partial charge in [0.25, 0.3) is 0 Å². The Kier molecular flexibility index (Phi) is 4.25. The average Bonchev–Trinajstić information content (AvgIpc) is 2.83. The highest BCUT2D eigenvalue weighted by molar-refractivity contribution is 5.77. The molecule has 0 atom stereocenters. The fourth-order valence-electron chi connectivity index (χ4n) is 3.35. The molecule has 1 saturated heterocycles. The molecular weight excluding hydrogens is 278 g/mol. The van der Waals surface area contributed by atoms with Gasteiger partial charge in [0.05, 0.1) is 18.1 Å². The molecule has 5 nitrogen and oxygen atoms in total. The third-order valence-electron chi connectivity index (χ3n) is 4.80. The van der Waals surface area contributed by atoms with Crippen LogP contribution in [-0.4, -0.2) is 40.7 Å². The van der Waals surface area contributed by atoms with Crippen LogP contribution in [0.25, 0.3) is 11.0 Å². The van der Waals surface area contributed by atoms with Crippen molar-refractivity contribution in [2.75, 3.05) is 20.2 Å². The summed E-state index contributed by atoms with van der Waals surface area (Å²) in [6.07, 6.45) is 2.31. The number of hydrogen-bond donors (Lipinski definition) is 1. The quantitative estimate of drug-likeness (QED) is 0.944. The summed E-state index contributed by atoms with van der Waals surface area (Å²) in [4.78, 5) is 17.7. The summed E-state index contributed by atoms with van der Waals surface area (Å²) in [5, 5.41) is 0. The summed E-state index contributed by atoms with van der Waals surface area (Å²) in [6.45, 7) is 7.54. The number of imidazole rings is 1. The topological polar surface area (TPSA) is 50.3 Å². The van der Waals surface area contributed by atoms with Gasteiger partial charge in [-0.3, -0.25) is 4.57 Å². The van der Waals surface area contributed by atoms with Crippen LogP contribution in [0.1, 0.15) is 26.7 Å². The van der Waals surface area contributed by atoms with Gasteiger partial charge in [-0.2, -0.15) is 0 Å². The zero-order valence-electron chi connectivity index (χ0n) is 13.6. The molecule has 0 amide bonds. The average molecular weight is 303 g/mol. The fourth-order valence-corrected chi connectivity index (χ4v) is 3.35. The van der Waals surface area contributed by atoms with E-state index in [9.17, 15) is 4.79 Å². The zero-order chi connectivity index (χ0) is 15.7. The molecule has 0 saturated carbocycles. The highest BCUT2D eigenvalue weighted by Crippen LogP contribution is 2.23. The largest absolute Gasteiger partial charge is 0.497 e. The lowest BCUT2D eigenvalue weighted by molar-refractivity contribution is 0.142. The van der Waals surface area contributed by atoms with Crippen LogP contribution in [0.5, 0.6) is 5.75 Å². The summed E-state index contributed by atoms with van der Waals surface area (Å²) in [5.74, 6) is 1.35. The molecule has 5 heteroatoms. The van der Waals surface area contributed by atoms with E-state index in [1.807, 2.05) is 22.8 Å². The highest BCUT2D eigenvalue weighted by Gasteiger charge is 2.22. The molecule has 2 aromatic rings. The first kappa shape index (κ1) is 15.2. The van der Waals surface area contributed by atoms with Gasteiger partial charge in [0.15, 0.2) is 0 Å². The number of aromatic amines is 1. The summed E-state index contributed by atoms with van der Waals surface area (Å²) in [7, 11) is 1.65. The molecule has 22 heavy (non-hydrogen) atoms. The molecule has 1 fully saturated rings. The minimum absolute atomic E-state index is 0.0189. The van der Waals surface area contributed by atoms with E-state index in [1.54, 1.807) is 7.11 Å². The predicted molar refractivity (Wildman–Crippen MR) is 88.5 cm³/mol. The Bertz CT molecular complexity index is 693. The van der Waals surface area contributed by atoms with E-state index in [4.69, 9.17) is 4.74 Å². The first-order chi connectivity index (χ1) is 10.6. The second kappa shape index (κ2) is 6.16. The van der Waals surface area contributed by atoms with E-state index in [0.717, 1.165) is 49.3 Å². The van der Waals surface area contributed by atoms with Crippen molar-refractivity contribution in [1.29, 1.82) is 0 Å². The number of rotatable bonds is 4. The lowest BCUT2D eigenvalue weighted by Gasteiger charge is -2.34. The predicted octanol–water partition coefficient (Wildman–Crippen LogP) is 2.46. The van der Waals surface area contributed by atoms with Crippen LogP contribution < -0.4 is 10.4 Å². The molecule has 0 aliphatic carbocycles.